The van der Waals surface area contributed by atoms with Gasteiger partial charge >= 0.3 is 0 Å². The van der Waals surface area contributed by atoms with Gasteiger partial charge in [0.05, 0.1) is 6.42 Å². The number of aliphatic hydroxyl groups excluding tert-OH is 1. The number of aliphatic hydroxyl groups is 1. The maximum Gasteiger partial charge on any atom is 0.226 e. The highest BCUT2D eigenvalue weighted by molar-refractivity contribution is 5.78. The Balaban J connectivity index is 1.84. The number of amides is 1. The van der Waals surface area contributed by atoms with Gasteiger partial charge in [0.2, 0.25) is 5.91 Å². The molecular weight excluding hydrogens is 268 g/mol. The molecule has 112 valence electrons. The molecule has 5 heteroatoms. The van der Waals surface area contributed by atoms with Gasteiger partial charge in [0.15, 0.2) is 6.61 Å². The van der Waals surface area contributed by atoms with Gasteiger partial charge in [-0.15, -0.1) is 0 Å². The lowest BCUT2D eigenvalue weighted by Crippen LogP contribution is -2.40. The van der Waals surface area contributed by atoms with Gasteiger partial charge in [-0.25, -0.2) is 0 Å². The second kappa shape index (κ2) is 7.65. The first-order valence-electron chi connectivity index (χ1n) is 7.20. The highest BCUT2D eigenvalue weighted by Crippen LogP contribution is 2.18. The molecule has 5 nitrogen and oxygen atoms in total. The Bertz CT molecular complexity index is 499. The third-order valence-electron chi connectivity index (χ3n) is 3.81. The van der Waals surface area contributed by atoms with Crippen molar-refractivity contribution in [3.8, 4) is 11.8 Å². The topological polar surface area (TPSA) is 73.6 Å². The number of carbonyl (C=O) groups is 1. The van der Waals surface area contributed by atoms with Crippen molar-refractivity contribution >= 4 is 5.91 Å². The number of nitrogens with zero attached hydrogens (tertiary/aromatic N) is 2. The fraction of sp³-hybridized carbons (Fsp3) is 0.500. The number of carbonyl (C=O) groups excluding carboxylic acids is 1. The quantitative estimate of drug-likeness (QED) is 0.888. The van der Waals surface area contributed by atoms with Crippen LogP contribution in [0.2, 0.25) is 0 Å². The SMILES string of the molecule is N#CCOc1ccc(CC(=O)N2CCC(CO)CC2)cc1. The average Bonchev–Trinajstić information content (AvgIpc) is 2.54. The van der Waals surface area contributed by atoms with Crippen LogP contribution in [0.3, 0.4) is 0 Å². The smallest absolute Gasteiger partial charge is 0.226 e. The van der Waals surface area contributed by atoms with E-state index in [9.17, 15) is 4.79 Å². The minimum Gasteiger partial charge on any atom is -0.479 e. The van der Waals surface area contributed by atoms with Crippen molar-refractivity contribution in [2.45, 2.75) is 19.3 Å². The van der Waals surface area contributed by atoms with E-state index in [4.69, 9.17) is 15.1 Å². The van der Waals surface area contributed by atoms with Gasteiger partial charge in [0.25, 0.3) is 0 Å². The molecule has 0 unspecified atom stereocenters. The van der Waals surface area contributed by atoms with Gasteiger partial charge < -0.3 is 14.7 Å². The van der Waals surface area contributed by atoms with Crippen molar-refractivity contribution in [3.05, 3.63) is 29.8 Å². The summed E-state index contributed by atoms with van der Waals surface area (Å²) in [5, 5.41) is 17.5. The average molecular weight is 288 g/mol. The summed E-state index contributed by atoms with van der Waals surface area (Å²) in [5.41, 5.74) is 0.939. The minimum atomic E-state index is 0.0259. The van der Waals surface area contributed by atoms with E-state index >= 15 is 0 Å². The fourth-order valence-electron chi connectivity index (χ4n) is 2.47. The number of nitriles is 1. The maximum absolute atomic E-state index is 12.2. The molecular formula is C16H20N2O3. The van der Waals surface area contributed by atoms with E-state index in [2.05, 4.69) is 0 Å². The van der Waals surface area contributed by atoms with E-state index in [-0.39, 0.29) is 19.1 Å². The van der Waals surface area contributed by atoms with Crippen LogP contribution in [0.4, 0.5) is 0 Å². The standard InChI is InChI=1S/C16H20N2O3/c17-7-10-21-15-3-1-13(2-4-15)11-16(20)18-8-5-14(12-19)6-9-18/h1-4,14,19H,5-6,8-12H2. The van der Waals surface area contributed by atoms with Crippen LogP contribution in [0.15, 0.2) is 24.3 Å². The Morgan fingerprint density at radius 2 is 2.00 bits per heavy atom. The number of hydrogen-bond donors (Lipinski definition) is 1. The van der Waals surface area contributed by atoms with Gasteiger partial charge in [-0.05, 0) is 36.5 Å². The van der Waals surface area contributed by atoms with Crippen LogP contribution < -0.4 is 4.74 Å². The number of rotatable bonds is 5. The molecule has 2 rings (SSSR count). The lowest BCUT2D eigenvalue weighted by Gasteiger charge is -2.31. The Labute approximate surface area is 124 Å². The zero-order chi connectivity index (χ0) is 15.1. The second-order valence-electron chi connectivity index (χ2n) is 5.27. The summed E-state index contributed by atoms with van der Waals surface area (Å²) in [4.78, 5) is 14.1. The van der Waals surface area contributed by atoms with Gasteiger partial charge in [-0.2, -0.15) is 5.26 Å². The molecule has 0 radical (unpaired) electrons. The summed E-state index contributed by atoms with van der Waals surface area (Å²) in [7, 11) is 0. The first kappa shape index (κ1) is 15.3. The number of ether oxygens (including phenoxy) is 1. The molecule has 1 saturated heterocycles. The number of hydrogen-bond acceptors (Lipinski definition) is 4. The third-order valence-corrected chi connectivity index (χ3v) is 3.81. The molecule has 1 aromatic rings. The van der Waals surface area contributed by atoms with E-state index in [1.54, 1.807) is 12.1 Å². The Morgan fingerprint density at radius 3 is 2.57 bits per heavy atom. The molecule has 1 aliphatic heterocycles. The van der Waals surface area contributed by atoms with Crippen LogP contribution in [0.25, 0.3) is 0 Å². The van der Waals surface area contributed by atoms with Crippen LogP contribution in [0, 0.1) is 17.2 Å². The molecule has 0 atom stereocenters. The lowest BCUT2D eigenvalue weighted by molar-refractivity contribution is -0.132. The lowest BCUT2D eigenvalue weighted by atomic mass is 9.97. The van der Waals surface area contributed by atoms with E-state index < -0.39 is 0 Å². The molecule has 1 aliphatic rings. The summed E-state index contributed by atoms with van der Waals surface area (Å²) >= 11 is 0. The fourth-order valence-corrected chi connectivity index (χ4v) is 2.47. The molecule has 1 aromatic carbocycles. The molecule has 0 bridgehead atoms. The van der Waals surface area contributed by atoms with Crippen LogP contribution in [-0.2, 0) is 11.2 Å². The van der Waals surface area contributed by atoms with Crippen molar-refractivity contribution < 1.29 is 14.6 Å². The predicted octanol–water partition coefficient (Wildman–Crippen LogP) is 1.36. The summed E-state index contributed by atoms with van der Waals surface area (Å²) in [6.45, 7) is 1.70. The van der Waals surface area contributed by atoms with E-state index in [1.165, 1.54) is 0 Å². The van der Waals surface area contributed by atoms with Crippen molar-refractivity contribution in [2.75, 3.05) is 26.3 Å². The number of benzene rings is 1. The second-order valence-corrected chi connectivity index (χ2v) is 5.27. The van der Waals surface area contributed by atoms with Crippen LogP contribution in [0.5, 0.6) is 5.75 Å². The molecule has 21 heavy (non-hydrogen) atoms. The predicted molar refractivity (Wildman–Crippen MR) is 77.6 cm³/mol. The molecule has 1 fully saturated rings. The third kappa shape index (κ3) is 4.47. The van der Waals surface area contributed by atoms with Gasteiger partial charge in [-0.3, -0.25) is 4.79 Å². The summed E-state index contributed by atoms with van der Waals surface area (Å²) in [5.74, 6) is 1.10. The zero-order valence-electron chi connectivity index (χ0n) is 12.0. The van der Waals surface area contributed by atoms with E-state index in [0.29, 0.717) is 18.1 Å². The van der Waals surface area contributed by atoms with Gasteiger partial charge in [0, 0.05) is 19.7 Å². The molecule has 0 spiro atoms. The number of likely N-dealkylation sites (tertiary alicyclic amines) is 1. The summed E-state index contributed by atoms with van der Waals surface area (Å²) < 4.78 is 5.18. The highest BCUT2D eigenvalue weighted by atomic mass is 16.5. The molecule has 1 amide bonds. The number of piperidine rings is 1. The van der Waals surface area contributed by atoms with Crippen LogP contribution in [-0.4, -0.2) is 42.2 Å². The molecule has 0 aromatic heterocycles. The Kier molecular flexibility index (Phi) is 5.59. The van der Waals surface area contributed by atoms with Crippen molar-refractivity contribution in [2.24, 2.45) is 5.92 Å². The monoisotopic (exact) mass is 288 g/mol. The normalized spacial score (nSPS) is 15.5. The first-order valence-corrected chi connectivity index (χ1v) is 7.20. The van der Waals surface area contributed by atoms with E-state index in [1.807, 2.05) is 23.1 Å². The first-order chi connectivity index (χ1) is 10.2. The van der Waals surface area contributed by atoms with Crippen molar-refractivity contribution in [1.29, 1.82) is 5.26 Å². The summed E-state index contributed by atoms with van der Waals surface area (Å²) in [6.07, 6.45) is 2.13. The molecule has 1 N–H and O–H groups in total. The largest absolute Gasteiger partial charge is 0.479 e. The maximum atomic E-state index is 12.2. The molecule has 0 aliphatic carbocycles. The Hall–Kier alpha value is -2.06. The Morgan fingerprint density at radius 1 is 1.33 bits per heavy atom. The molecule has 0 saturated carbocycles. The van der Waals surface area contributed by atoms with E-state index in [0.717, 1.165) is 31.5 Å². The molecule has 1 heterocycles. The highest BCUT2D eigenvalue weighted by Gasteiger charge is 2.22. The minimum absolute atomic E-state index is 0.0259. The van der Waals surface area contributed by atoms with Crippen LogP contribution in [0.1, 0.15) is 18.4 Å². The van der Waals surface area contributed by atoms with Crippen LogP contribution >= 0.6 is 0 Å². The van der Waals surface area contributed by atoms with Crippen molar-refractivity contribution in [1.82, 2.24) is 4.90 Å². The van der Waals surface area contributed by atoms with Gasteiger partial charge in [0.1, 0.15) is 11.8 Å². The van der Waals surface area contributed by atoms with Gasteiger partial charge in [-0.1, -0.05) is 12.1 Å². The zero-order valence-corrected chi connectivity index (χ0v) is 12.0. The van der Waals surface area contributed by atoms with Crippen molar-refractivity contribution in [3.63, 3.8) is 0 Å². The summed E-state index contributed by atoms with van der Waals surface area (Å²) in [6, 6.07) is 9.17.